The Kier molecular flexibility index (Phi) is 4.63. The molecular weight excluding hydrogens is 295 g/mol. The molecule has 0 spiro atoms. The number of hydrogen-bond donors (Lipinski definition) is 2. The normalized spacial score (nSPS) is 12.1. The summed E-state index contributed by atoms with van der Waals surface area (Å²) in [6.45, 7) is 0.219. The largest absolute Gasteiger partial charge is 0.486 e. The van der Waals surface area contributed by atoms with Crippen molar-refractivity contribution in [1.29, 1.82) is 0 Å². The molecular formula is C17H17FN4O. The highest BCUT2D eigenvalue weighted by Gasteiger charge is 2.13. The lowest BCUT2D eigenvalue weighted by Gasteiger charge is -2.07. The first-order valence-electron chi connectivity index (χ1n) is 7.30. The lowest BCUT2D eigenvalue weighted by molar-refractivity contribution is 0.296. The lowest BCUT2D eigenvalue weighted by atomic mass is 10.1. The molecule has 23 heavy (non-hydrogen) atoms. The molecule has 5 nitrogen and oxygen atoms in total. The quantitative estimate of drug-likeness (QED) is 0.734. The third-order valence-corrected chi connectivity index (χ3v) is 3.37. The van der Waals surface area contributed by atoms with E-state index >= 15 is 0 Å². The Hall–Kier alpha value is -2.73. The van der Waals surface area contributed by atoms with Gasteiger partial charge >= 0.3 is 0 Å². The minimum Gasteiger partial charge on any atom is -0.486 e. The van der Waals surface area contributed by atoms with E-state index in [9.17, 15) is 4.39 Å². The Labute approximate surface area is 133 Å². The average molecular weight is 312 g/mol. The average Bonchev–Trinajstić information content (AvgIpc) is 3.04. The minimum absolute atomic E-state index is 0.219. The number of nitrogens with zero attached hydrogens (tertiary/aromatic N) is 2. The molecule has 0 saturated heterocycles. The molecule has 2 aromatic carbocycles. The van der Waals surface area contributed by atoms with Crippen LogP contribution in [-0.4, -0.2) is 15.2 Å². The molecule has 0 unspecified atom stereocenters. The molecule has 3 N–H and O–H groups in total. The summed E-state index contributed by atoms with van der Waals surface area (Å²) in [4.78, 5) is 4.35. The van der Waals surface area contributed by atoms with E-state index in [2.05, 4.69) is 15.2 Å². The van der Waals surface area contributed by atoms with Gasteiger partial charge in [-0.2, -0.15) is 5.10 Å². The van der Waals surface area contributed by atoms with E-state index in [0.717, 1.165) is 5.56 Å². The van der Waals surface area contributed by atoms with Crippen molar-refractivity contribution < 1.29 is 9.13 Å². The number of hydrogen-bond acceptors (Lipinski definition) is 4. The van der Waals surface area contributed by atoms with Gasteiger partial charge in [0.15, 0.2) is 11.6 Å². The van der Waals surface area contributed by atoms with Crippen LogP contribution in [0.25, 0.3) is 0 Å². The summed E-state index contributed by atoms with van der Waals surface area (Å²) in [5, 5.41) is 6.95. The maximum atomic E-state index is 12.8. The first-order chi connectivity index (χ1) is 11.2. The molecule has 1 atom stereocenters. The monoisotopic (exact) mass is 312 g/mol. The maximum Gasteiger partial charge on any atom is 0.167 e. The number of aromatic nitrogens is 3. The van der Waals surface area contributed by atoms with Crippen LogP contribution in [0.15, 0.2) is 54.6 Å². The fourth-order valence-electron chi connectivity index (χ4n) is 2.18. The van der Waals surface area contributed by atoms with Crippen molar-refractivity contribution in [3.8, 4) is 5.75 Å². The standard InChI is InChI=1S/C17H17FN4O/c18-13-6-8-14(9-7-13)23-11-16-20-17(22-21-16)15(19)10-12-4-2-1-3-5-12/h1-9,15H,10-11,19H2,(H,20,21,22)/t15-/m0/s1. The lowest BCUT2D eigenvalue weighted by Crippen LogP contribution is -2.15. The molecule has 0 fully saturated rings. The number of aromatic amines is 1. The number of ether oxygens (including phenoxy) is 1. The summed E-state index contributed by atoms with van der Waals surface area (Å²) in [5.41, 5.74) is 7.27. The van der Waals surface area contributed by atoms with Gasteiger partial charge in [0.05, 0.1) is 6.04 Å². The van der Waals surface area contributed by atoms with E-state index in [-0.39, 0.29) is 18.5 Å². The van der Waals surface area contributed by atoms with Crippen LogP contribution in [0.5, 0.6) is 5.75 Å². The highest BCUT2D eigenvalue weighted by Crippen LogP contribution is 2.14. The van der Waals surface area contributed by atoms with E-state index < -0.39 is 0 Å². The number of benzene rings is 2. The van der Waals surface area contributed by atoms with Gasteiger partial charge in [0.2, 0.25) is 0 Å². The summed E-state index contributed by atoms with van der Waals surface area (Å²) in [6.07, 6.45) is 0.664. The van der Waals surface area contributed by atoms with Crippen LogP contribution in [0.4, 0.5) is 4.39 Å². The SMILES string of the molecule is N[C@@H](Cc1ccccc1)c1n[nH]c(COc2ccc(F)cc2)n1. The molecule has 0 aliphatic rings. The Morgan fingerprint density at radius 2 is 1.83 bits per heavy atom. The Bertz CT molecular complexity index is 743. The van der Waals surface area contributed by atoms with E-state index in [0.29, 0.717) is 23.8 Å². The van der Waals surface area contributed by atoms with Crippen LogP contribution >= 0.6 is 0 Å². The molecule has 3 rings (SSSR count). The zero-order chi connectivity index (χ0) is 16.1. The molecule has 3 aromatic rings. The number of H-pyrrole nitrogens is 1. The van der Waals surface area contributed by atoms with Crippen LogP contribution in [0, 0.1) is 5.82 Å². The maximum absolute atomic E-state index is 12.8. The van der Waals surface area contributed by atoms with Gasteiger partial charge in [-0.3, -0.25) is 5.10 Å². The van der Waals surface area contributed by atoms with Crippen molar-refractivity contribution in [2.45, 2.75) is 19.1 Å². The van der Waals surface area contributed by atoms with Gasteiger partial charge in [-0.15, -0.1) is 0 Å². The van der Waals surface area contributed by atoms with Crippen molar-refractivity contribution in [1.82, 2.24) is 15.2 Å². The molecule has 0 radical (unpaired) electrons. The second-order valence-corrected chi connectivity index (χ2v) is 5.18. The number of halogens is 1. The summed E-state index contributed by atoms with van der Waals surface area (Å²) < 4.78 is 18.3. The summed E-state index contributed by atoms with van der Waals surface area (Å²) in [5.74, 6) is 1.39. The topological polar surface area (TPSA) is 76.8 Å². The first-order valence-corrected chi connectivity index (χ1v) is 7.30. The van der Waals surface area contributed by atoms with Gasteiger partial charge in [0.25, 0.3) is 0 Å². The number of nitrogens with two attached hydrogens (primary N) is 1. The Morgan fingerprint density at radius 3 is 2.57 bits per heavy atom. The van der Waals surface area contributed by atoms with E-state index in [4.69, 9.17) is 10.5 Å². The van der Waals surface area contributed by atoms with Crippen LogP contribution in [0.2, 0.25) is 0 Å². The zero-order valence-corrected chi connectivity index (χ0v) is 12.4. The molecule has 118 valence electrons. The van der Waals surface area contributed by atoms with Crippen molar-refractivity contribution in [2.75, 3.05) is 0 Å². The fourth-order valence-corrected chi connectivity index (χ4v) is 2.18. The van der Waals surface area contributed by atoms with Crippen LogP contribution < -0.4 is 10.5 Å². The van der Waals surface area contributed by atoms with E-state index in [1.807, 2.05) is 30.3 Å². The smallest absolute Gasteiger partial charge is 0.167 e. The summed E-state index contributed by atoms with van der Waals surface area (Å²) in [7, 11) is 0. The van der Waals surface area contributed by atoms with Gasteiger partial charge in [-0.25, -0.2) is 9.37 Å². The number of rotatable bonds is 6. The summed E-state index contributed by atoms with van der Waals surface area (Å²) >= 11 is 0. The van der Waals surface area contributed by atoms with Crippen LogP contribution in [0.1, 0.15) is 23.3 Å². The number of nitrogens with one attached hydrogen (secondary N) is 1. The predicted molar refractivity (Wildman–Crippen MR) is 84.2 cm³/mol. The van der Waals surface area contributed by atoms with Crippen molar-refractivity contribution in [3.05, 3.63) is 77.6 Å². The second-order valence-electron chi connectivity index (χ2n) is 5.18. The Morgan fingerprint density at radius 1 is 1.09 bits per heavy atom. The van der Waals surface area contributed by atoms with Crippen LogP contribution in [0.3, 0.4) is 0 Å². The molecule has 0 saturated carbocycles. The third-order valence-electron chi connectivity index (χ3n) is 3.37. The molecule has 6 heteroatoms. The van der Waals surface area contributed by atoms with Gasteiger partial charge in [-0.05, 0) is 36.2 Å². The highest BCUT2D eigenvalue weighted by molar-refractivity contribution is 5.22. The fraction of sp³-hybridized carbons (Fsp3) is 0.176. The molecule has 1 heterocycles. The van der Waals surface area contributed by atoms with E-state index in [1.54, 1.807) is 12.1 Å². The Balaban J connectivity index is 1.58. The van der Waals surface area contributed by atoms with Crippen molar-refractivity contribution in [2.24, 2.45) is 5.73 Å². The van der Waals surface area contributed by atoms with Crippen molar-refractivity contribution in [3.63, 3.8) is 0 Å². The molecule has 0 amide bonds. The van der Waals surface area contributed by atoms with Crippen molar-refractivity contribution >= 4 is 0 Å². The summed E-state index contributed by atoms with van der Waals surface area (Å²) in [6, 6.07) is 15.5. The molecule has 0 aliphatic carbocycles. The molecule has 0 aliphatic heterocycles. The van der Waals surface area contributed by atoms with Crippen LogP contribution in [-0.2, 0) is 13.0 Å². The van der Waals surface area contributed by atoms with E-state index in [1.165, 1.54) is 12.1 Å². The highest BCUT2D eigenvalue weighted by atomic mass is 19.1. The molecule has 0 bridgehead atoms. The first kappa shape index (κ1) is 15.2. The second kappa shape index (κ2) is 7.02. The van der Waals surface area contributed by atoms with Gasteiger partial charge in [0, 0.05) is 0 Å². The third kappa shape index (κ3) is 4.14. The molecule has 1 aromatic heterocycles. The van der Waals surface area contributed by atoms with Gasteiger partial charge in [-0.1, -0.05) is 30.3 Å². The van der Waals surface area contributed by atoms with Gasteiger partial charge < -0.3 is 10.5 Å². The van der Waals surface area contributed by atoms with Gasteiger partial charge in [0.1, 0.15) is 18.2 Å². The minimum atomic E-state index is -0.300. The zero-order valence-electron chi connectivity index (χ0n) is 12.4. The predicted octanol–water partition coefficient (Wildman–Crippen LogP) is 2.77.